The van der Waals surface area contributed by atoms with Gasteiger partial charge < -0.3 is 4.90 Å². The first kappa shape index (κ1) is 15.3. The molecule has 1 aromatic rings. The lowest BCUT2D eigenvalue weighted by Crippen LogP contribution is -2.49. The topological polar surface area (TPSA) is 41.4 Å². The standard InChI is InChI=1S/C18H28N4O/c23-18-13-16-5-2-6-17(16)19-22(18)12-11-20-7-9-21(10-8-20)14-15-3-1-4-15/h13,15H,1-12,14H2. The number of aromatic nitrogens is 2. The molecule has 0 aromatic carbocycles. The molecule has 4 rings (SSSR count). The Morgan fingerprint density at radius 1 is 1.00 bits per heavy atom. The predicted molar refractivity (Wildman–Crippen MR) is 90.7 cm³/mol. The highest BCUT2D eigenvalue weighted by Crippen LogP contribution is 2.27. The quantitative estimate of drug-likeness (QED) is 0.817. The highest BCUT2D eigenvalue weighted by molar-refractivity contribution is 5.22. The van der Waals surface area contributed by atoms with Crippen LogP contribution in [-0.2, 0) is 19.4 Å². The third kappa shape index (κ3) is 3.50. The molecule has 2 aliphatic carbocycles. The van der Waals surface area contributed by atoms with Crippen molar-refractivity contribution in [2.45, 2.75) is 45.1 Å². The van der Waals surface area contributed by atoms with Crippen molar-refractivity contribution in [3.05, 3.63) is 27.7 Å². The van der Waals surface area contributed by atoms with Gasteiger partial charge >= 0.3 is 0 Å². The third-order valence-electron chi connectivity index (χ3n) is 5.86. The van der Waals surface area contributed by atoms with Gasteiger partial charge in [-0.3, -0.25) is 9.69 Å². The lowest BCUT2D eigenvalue weighted by molar-refractivity contribution is 0.0976. The fraction of sp³-hybridized carbons (Fsp3) is 0.778. The van der Waals surface area contributed by atoms with E-state index >= 15 is 0 Å². The Balaban J connectivity index is 1.26. The zero-order valence-corrected chi connectivity index (χ0v) is 14.0. The van der Waals surface area contributed by atoms with Crippen LogP contribution >= 0.6 is 0 Å². The van der Waals surface area contributed by atoms with E-state index in [-0.39, 0.29) is 5.56 Å². The minimum atomic E-state index is 0.0780. The number of piperazine rings is 1. The Morgan fingerprint density at radius 3 is 2.52 bits per heavy atom. The van der Waals surface area contributed by atoms with Crippen LogP contribution < -0.4 is 5.56 Å². The van der Waals surface area contributed by atoms with Crippen LogP contribution in [0.5, 0.6) is 0 Å². The molecule has 1 aliphatic heterocycles. The van der Waals surface area contributed by atoms with Gasteiger partial charge in [0.05, 0.1) is 12.2 Å². The highest BCUT2D eigenvalue weighted by Gasteiger charge is 2.23. The summed E-state index contributed by atoms with van der Waals surface area (Å²) in [6.07, 6.45) is 7.53. The maximum atomic E-state index is 12.1. The highest BCUT2D eigenvalue weighted by atomic mass is 16.1. The van der Waals surface area contributed by atoms with E-state index in [1.54, 1.807) is 4.68 Å². The van der Waals surface area contributed by atoms with Crippen molar-refractivity contribution in [3.8, 4) is 0 Å². The van der Waals surface area contributed by atoms with E-state index < -0.39 is 0 Å². The largest absolute Gasteiger partial charge is 0.301 e. The number of hydrogen-bond acceptors (Lipinski definition) is 4. The third-order valence-corrected chi connectivity index (χ3v) is 5.86. The van der Waals surface area contributed by atoms with Crippen molar-refractivity contribution in [2.24, 2.45) is 5.92 Å². The molecule has 0 spiro atoms. The summed E-state index contributed by atoms with van der Waals surface area (Å²) in [6.45, 7) is 7.61. The summed E-state index contributed by atoms with van der Waals surface area (Å²) < 4.78 is 1.69. The minimum Gasteiger partial charge on any atom is -0.301 e. The second kappa shape index (κ2) is 6.73. The molecule has 0 radical (unpaired) electrons. The van der Waals surface area contributed by atoms with Crippen LogP contribution in [-0.4, -0.2) is 58.8 Å². The number of aryl methyl sites for hydroxylation is 2. The smallest absolute Gasteiger partial charge is 0.267 e. The molecular weight excluding hydrogens is 288 g/mol. The molecule has 5 heteroatoms. The predicted octanol–water partition coefficient (Wildman–Crippen LogP) is 1.15. The molecule has 0 amide bonds. The summed E-state index contributed by atoms with van der Waals surface area (Å²) in [5.74, 6) is 0.968. The van der Waals surface area contributed by atoms with Gasteiger partial charge in [0.15, 0.2) is 0 Å². The van der Waals surface area contributed by atoms with Gasteiger partial charge in [-0.15, -0.1) is 0 Å². The lowest BCUT2D eigenvalue weighted by atomic mass is 9.85. The zero-order valence-electron chi connectivity index (χ0n) is 14.0. The molecule has 3 aliphatic rings. The van der Waals surface area contributed by atoms with Crippen molar-refractivity contribution in [2.75, 3.05) is 39.3 Å². The van der Waals surface area contributed by atoms with Crippen LogP contribution in [0, 0.1) is 5.92 Å². The fourth-order valence-corrected chi connectivity index (χ4v) is 4.07. The zero-order chi connectivity index (χ0) is 15.6. The van der Waals surface area contributed by atoms with E-state index in [1.807, 2.05) is 6.07 Å². The molecule has 1 saturated carbocycles. The van der Waals surface area contributed by atoms with Crippen molar-refractivity contribution in [1.29, 1.82) is 0 Å². The van der Waals surface area contributed by atoms with Crippen LogP contribution in [0.4, 0.5) is 0 Å². The van der Waals surface area contributed by atoms with Crippen molar-refractivity contribution in [3.63, 3.8) is 0 Å². The van der Waals surface area contributed by atoms with Crippen LogP contribution in [0.15, 0.2) is 10.9 Å². The molecular formula is C18H28N4O. The second-order valence-corrected chi connectivity index (χ2v) is 7.47. The first-order valence-corrected chi connectivity index (χ1v) is 9.32. The summed E-state index contributed by atoms with van der Waals surface area (Å²) in [6, 6.07) is 1.81. The van der Waals surface area contributed by atoms with E-state index in [2.05, 4.69) is 14.9 Å². The summed E-state index contributed by atoms with van der Waals surface area (Å²) in [4.78, 5) is 17.2. The first-order valence-electron chi connectivity index (χ1n) is 9.32. The van der Waals surface area contributed by atoms with Crippen LogP contribution in [0.1, 0.15) is 36.9 Å². The van der Waals surface area contributed by atoms with E-state index in [0.29, 0.717) is 0 Å². The van der Waals surface area contributed by atoms with Crippen molar-refractivity contribution >= 4 is 0 Å². The molecule has 0 unspecified atom stereocenters. The Morgan fingerprint density at radius 2 is 1.78 bits per heavy atom. The van der Waals surface area contributed by atoms with Gasteiger partial charge in [-0.25, -0.2) is 4.68 Å². The molecule has 126 valence electrons. The monoisotopic (exact) mass is 316 g/mol. The Kier molecular flexibility index (Phi) is 4.49. The molecule has 23 heavy (non-hydrogen) atoms. The molecule has 0 N–H and O–H groups in total. The summed E-state index contributed by atoms with van der Waals surface area (Å²) in [5.41, 5.74) is 2.40. The first-order chi connectivity index (χ1) is 11.3. The van der Waals surface area contributed by atoms with Gasteiger partial charge in [-0.2, -0.15) is 5.10 Å². The van der Waals surface area contributed by atoms with Crippen LogP contribution in [0.3, 0.4) is 0 Å². The number of rotatable bonds is 5. The van der Waals surface area contributed by atoms with Gasteiger partial charge in [-0.05, 0) is 43.6 Å². The van der Waals surface area contributed by atoms with Crippen molar-refractivity contribution < 1.29 is 0 Å². The second-order valence-electron chi connectivity index (χ2n) is 7.47. The number of nitrogens with zero attached hydrogens (tertiary/aromatic N) is 4. The van der Waals surface area contributed by atoms with Gasteiger partial charge in [0, 0.05) is 45.3 Å². The Hall–Kier alpha value is -1.20. The number of fused-ring (bicyclic) bond motifs is 1. The molecule has 0 atom stereocenters. The number of hydrogen-bond donors (Lipinski definition) is 0. The average Bonchev–Trinajstić information content (AvgIpc) is 2.97. The Labute approximate surface area is 138 Å². The SMILES string of the molecule is O=c1cc2c(nn1CCN1CCN(CC3CCC3)CC1)CCC2. The minimum absolute atomic E-state index is 0.0780. The average molecular weight is 316 g/mol. The Bertz CT molecular complexity index is 600. The van der Waals surface area contributed by atoms with E-state index in [0.717, 1.165) is 57.1 Å². The molecule has 2 fully saturated rings. The van der Waals surface area contributed by atoms with Crippen LogP contribution in [0.25, 0.3) is 0 Å². The fourth-order valence-electron chi connectivity index (χ4n) is 4.07. The normalized spacial score (nSPS) is 23.0. The van der Waals surface area contributed by atoms with E-state index in [9.17, 15) is 4.79 Å². The van der Waals surface area contributed by atoms with Gasteiger partial charge in [0.2, 0.25) is 0 Å². The molecule has 1 aromatic heterocycles. The van der Waals surface area contributed by atoms with Crippen molar-refractivity contribution in [1.82, 2.24) is 19.6 Å². The molecule has 1 saturated heterocycles. The van der Waals surface area contributed by atoms with Gasteiger partial charge in [-0.1, -0.05) is 6.42 Å². The van der Waals surface area contributed by atoms with E-state index in [4.69, 9.17) is 0 Å². The van der Waals surface area contributed by atoms with Gasteiger partial charge in [0.25, 0.3) is 5.56 Å². The van der Waals surface area contributed by atoms with E-state index in [1.165, 1.54) is 44.5 Å². The summed E-state index contributed by atoms with van der Waals surface area (Å²) >= 11 is 0. The lowest BCUT2D eigenvalue weighted by Gasteiger charge is -2.38. The maximum Gasteiger partial charge on any atom is 0.267 e. The van der Waals surface area contributed by atoms with Crippen LogP contribution in [0.2, 0.25) is 0 Å². The summed E-state index contributed by atoms with van der Waals surface area (Å²) in [7, 11) is 0. The molecule has 2 heterocycles. The maximum absolute atomic E-state index is 12.1. The summed E-state index contributed by atoms with van der Waals surface area (Å²) in [5, 5.41) is 4.58. The van der Waals surface area contributed by atoms with Gasteiger partial charge in [0.1, 0.15) is 0 Å². The molecule has 0 bridgehead atoms. The molecule has 5 nitrogen and oxygen atoms in total.